The Morgan fingerprint density at radius 1 is 0.652 bits per heavy atom. The first-order chi connectivity index (χ1) is 11.2. The molecular weight excluding hydrogens is 411 g/mol. The van der Waals surface area contributed by atoms with Gasteiger partial charge in [0.1, 0.15) is 0 Å². The van der Waals surface area contributed by atoms with E-state index in [-0.39, 0.29) is 0 Å². The molecule has 0 aliphatic rings. The van der Waals surface area contributed by atoms with E-state index in [0.717, 1.165) is 6.29 Å². The zero-order chi connectivity index (χ0) is 16.2. The maximum atomic E-state index is 11.8. The Kier molecular flexibility index (Phi) is 4.57. The summed E-state index contributed by atoms with van der Waals surface area (Å²) in [6.07, 6.45) is 1.06. The van der Waals surface area contributed by atoms with Crippen LogP contribution in [0, 0.1) is 0 Å². The van der Waals surface area contributed by atoms with Crippen LogP contribution >= 0.6 is 13.9 Å². The molecular formula is C20H18AsBrO. The second kappa shape index (κ2) is 6.47. The molecule has 3 rings (SSSR count). The van der Waals surface area contributed by atoms with Gasteiger partial charge < -0.3 is 0 Å². The number of carbonyl (C=O) groups is 1. The molecule has 0 aromatic heterocycles. The third-order valence-electron chi connectivity index (χ3n) is 4.30. The van der Waals surface area contributed by atoms with Crippen LogP contribution < -0.4 is 13.1 Å². The molecule has 0 amide bonds. The second-order valence-corrected chi connectivity index (χ2v) is 22.7. The van der Waals surface area contributed by atoms with Gasteiger partial charge >= 0.3 is 145 Å². The summed E-state index contributed by atoms with van der Waals surface area (Å²) < 4.78 is 3.65. The summed E-state index contributed by atoms with van der Waals surface area (Å²) in [5.74, 6) is 0. The average molecular weight is 429 g/mol. The van der Waals surface area contributed by atoms with Crippen molar-refractivity contribution in [1.29, 1.82) is 0 Å². The molecule has 0 aliphatic carbocycles. The van der Waals surface area contributed by atoms with Crippen LogP contribution in [0.4, 0.5) is 0 Å². The van der Waals surface area contributed by atoms with E-state index in [0.29, 0.717) is 5.21 Å². The first-order valence-electron chi connectivity index (χ1n) is 7.53. The number of carbonyl (C=O) groups excluding carboxylic acids is 1. The minimum atomic E-state index is -3.68. The van der Waals surface area contributed by atoms with Crippen molar-refractivity contribution in [3.8, 4) is 0 Å². The number of benzene rings is 3. The Hall–Kier alpha value is -1.63. The third kappa shape index (κ3) is 2.60. The maximum absolute atomic E-state index is 11.8. The van der Waals surface area contributed by atoms with Gasteiger partial charge in [-0.1, -0.05) is 0 Å². The SMILES string of the molecule is O=CC[As](Br)(c1ccccc1)(c1ccccc1)c1ccccc1. The van der Waals surface area contributed by atoms with Gasteiger partial charge in [-0.25, -0.2) is 0 Å². The Morgan fingerprint density at radius 3 is 1.22 bits per heavy atom. The molecule has 23 heavy (non-hydrogen) atoms. The van der Waals surface area contributed by atoms with Gasteiger partial charge in [0.25, 0.3) is 0 Å². The number of rotatable bonds is 5. The fourth-order valence-electron chi connectivity index (χ4n) is 3.12. The number of hydrogen-bond acceptors (Lipinski definition) is 1. The Labute approximate surface area is 144 Å². The zero-order valence-corrected chi connectivity index (χ0v) is 16.1. The number of aldehydes is 1. The molecule has 0 bridgehead atoms. The van der Waals surface area contributed by atoms with Crippen molar-refractivity contribution in [3.05, 3.63) is 91.0 Å². The average Bonchev–Trinajstić information content (AvgIpc) is 2.64. The monoisotopic (exact) mass is 428 g/mol. The minimum absolute atomic E-state index is 0.483. The standard InChI is InChI=1S/C20H18AsBrO/c22-21(16-17-23,18-10-4-1-5-11-18,19-12-6-2-7-13-19)20-14-8-3-9-15-20/h1-15,17H,16H2. The van der Waals surface area contributed by atoms with Gasteiger partial charge in [0.2, 0.25) is 0 Å². The summed E-state index contributed by atoms with van der Waals surface area (Å²) in [6.45, 7) is 0. The molecule has 0 spiro atoms. The Balaban J connectivity index is 2.43. The van der Waals surface area contributed by atoms with Crippen LogP contribution in [0.15, 0.2) is 91.0 Å². The van der Waals surface area contributed by atoms with Crippen LogP contribution in [0.2, 0.25) is 5.21 Å². The summed E-state index contributed by atoms with van der Waals surface area (Å²) >= 11 is 4.23. The van der Waals surface area contributed by atoms with E-state index in [2.05, 4.69) is 50.3 Å². The molecule has 0 unspecified atom stereocenters. The summed E-state index contributed by atoms with van der Waals surface area (Å²) in [5, 5.41) is 0.483. The first kappa shape index (κ1) is 16.2. The van der Waals surface area contributed by atoms with Crippen molar-refractivity contribution >= 4 is 43.9 Å². The van der Waals surface area contributed by atoms with Crippen molar-refractivity contribution in [3.63, 3.8) is 0 Å². The molecule has 0 aliphatic heterocycles. The molecule has 3 aromatic rings. The molecule has 1 nitrogen and oxygen atoms in total. The predicted molar refractivity (Wildman–Crippen MR) is 104 cm³/mol. The molecule has 116 valence electrons. The molecule has 0 saturated heterocycles. The van der Waals surface area contributed by atoms with E-state index < -0.39 is 10.6 Å². The second-order valence-electron chi connectivity index (χ2n) is 5.54. The van der Waals surface area contributed by atoms with E-state index in [1.165, 1.54) is 13.1 Å². The fourth-order valence-corrected chi connectivity index (χ4v) is 16.2. The Morgan fingerprint density at radius 2 is 0.957 bits per heavy atom. The molecule has 3 heteroatoms. The zero-order valence-electron chi connectivity index (χ0n) is 12.7. The van der Waals surface area contributed by atoms with Crippen LogP contribution in [0.3, 0.4) is 0 Å². The van der Waals surface area contributed by atoms with Crippen LogP contribution in [-0.4, -0.2) is 16.9 Å². The van der Waals surface area contributed by atoms with Crippen molar-refractivity contribution in [1.82, 2.24) is 0 Å². The van der Waals surface area contributed by atoms with E-state index in [9.17, 15) is 4.79 Å². The van der Waals surface area contributed by atoms with Crippen molar-refractivity contribution in [2.24, 2.45) is 0 Å². The third-order valence-corrected chi connectivity index (χ3v) is 22.6. The van der Waals surface area contributed by atoms with Gasteiger partial charge in [-0.15, -0.1) is 0 Å². The van der Waals surface area contributed by atoms with Gasteiger partial charge in [-0.3, -0.25) is 0 Å². The van der Waals surface area contributed by atoms with Crippen molar-refractivity contribution in [2.75, 3.05) is 0 Å². The molecule has 0 saturated carbocycles. The molecule has 0 radical (unpaired) electrons. The van der Waals surface area contributed by atoms with Crippen molar-refractivity contribution < 1.29 is 4.79 Å². The van der Waals surface area contributed by atoms with Crippen molar-refractivity contribution in [2.45, 2.75) is 5.21 Å². The molecule has 0 heterocycles. The van der Waals surface area contributed by atoms with Gasteiger partial charge in [-0.2, -0.15) is 0 Å². The van der Waals surface area contributed by atoms with E-state index >= 15 is 0 Å². The molecule has 3 aromatic carbocycles. The van der Waals surface area contributed by atoms with Gasteiger partial charge in [-0.05, 0) is 0 Å². The van der Waals surface area contributed by atoms with Gasteiger partial charge in [0.05, 0.1) is 0 Å². The number of halogens is 1. The fraction of sp³-hybridized carbons (Fsp3) is 0.0500. The first-order valence-corrected chi connectivity index (χ1v) is 16.1. The van der Waals surface area contributed by atoms with Gasteiger partial charge in [0, 0.05) is 0 Å². The summed E-state index contributed by atoms with van der Waals surface area (Å²) in [5.41, 5.74) is 0. The van der Waals surface area contributed by atoms with Gasteiger partial charge in [0.15, 0.2) is 0 Å². The van der Waals surface area contributed by atoms with Crippen LogP contribution in [0.1, 0.15) is 0 Å². The van der Waals surface area contributed by atoms with E-state index in [4.69, 9.17) is 0 Å². The summed E-state index contributed by atoms with van der Waals surface area (Å²) in [7, 11) is -3.68. The topological polar surface area (TPSA) is 17.1 Å². The number of hydrogen-bond donors (Lipinski definition) is 0. The molecule has 0 fully saturated rings. The summed E-state index contributed by atoms with van der Waals surface area (Å²) in [4.78, 5) is 11.8. The van der Waals surface area contributed by atoms with E-state index in [1.807, 2.05) is 54.6 Å². The van der Waals surface area contributed by atoms with Crippen LogP contribution in [0.25, 0.3) is 0 Å². The molecule has 0 atom stereocenters. The quantitative estimate of drug-likeness (QED) is 0.450. The van der Waals surface area contributed by atoms with Crippen LogP contribution in [0.5, 0.6) is 0 Å². The van der Waals surface area contributed by atoms with E-state index in [1.54, 1.807) is 0 Å². The normalized spacial score (nSPS) is 13.0. The predicted octanol–water partition coefficient (Wildman–Crippen LogP) is 3.20. The Bertz CT molecular complexity index is 688. The van der Waals surface area contributed by atoms with Crippen LogP contribution in [-0.2, 0) is 4.79 Å². The molecule has 0 N–H and O–H groups in total. The summed E-state index contributed by atoms with van der Waals surface area (Å²) in [6, 6.07) is 31.2.